The molecule has 0 saturated carbocycles. The van der Waals surface area contributed by atoms with Crippen molar-refractivity contribution in [2.24, 2.45) is 0 Å². The number of carbonyl (C=O) groups excluding carboxylic acids is 1. The van der Waals surface area contributed by atoms with Gasteiger partial charge in [0, 0.05) is 12.6 Å². The highest BCUT2D eigenvalue weighted by Gasteiger charge is 2.25. The van der Waals surface area contributed by atoms with Crippen LogP contribution in [0.25, 0.3) is 0 Å². The molecular formula is C11H16N2OS. The molecule has 1 saturated heterocycles. The molecule has 0 aromatic carbocycles. The number of thiophene rings is 1. The quantitative estimate of drug-likeness (QED) is 0.796. The minimum absolute atomic E-state index is 0.106. The standard InChI is InChI=1S/C11H16N2OS/c1-8-4-2-3-6-13(8)11(14)10-9(12)5-7-15-10/h5,7-8H,2-4,6,12H2,1H3. The maximum atomic E-state index is 12.1. The lowest BCUT2D eigenvalue weighted by Crippen LogP contribution is -2.41. The molecule has 1 aromatic rings. The Morgan fingerprint density at radius 1 is 1.60 bits per heavy atom. The Hall–Kier alpha value is -1.03. The number of hydrogen-bond acceptors (Lipinski definition) is 3. The van der Waals surface area contributed by atoms with Crippen LogP contribution >= 0.6 is 11.3 Å². The van der Waals surface area contributed by atoms with Crippen molar-refractivity contribution in [2.75, 3.05) is 12.3 Å². The summed E-state index contributed by atoms with van der Waals surface area (Å²) >= 11 is 1.44. The number of anilines is 1. The van der Waals surface area contributed by atoms with Gasteiger partial charge in [0.25, 0.3) is 5.91 Å². The summed E-state index contributed by atoms with van der Waals surface area (Å²) in [6.45, 7) is 2.98. The molecule has 1 atom stereocenters. The average molecular weight is 224 g/mol. The number of piperidine rings is 1. The van der Waals surface area contributed by atoms with Gasteiger partial charge in [0.1, 0.15) is 4.88 Å². The van der Waals surface area contributed by atoms with E-state index in [2.05, 4.69) is 6.92 Å². The fourth-order valence-corrected chi connectivity index (χ4v) is 2.80. The summed E-state index contributed by atoms with van der Waals surface area (Å²) in [5.41, 5.74) is 6.37. The summed E-state index contributed by atoms with van der Waals surface area (Å²) in [5.74, 6) is 0.106. The van der Waals surface area contributed by atoms with Crippen molar-refractivity contribution in [1.29, 1.82) is 0 Å². The molecule has 2 heterocycles. The minimum atomic E-state index is 0.106. The van der Waals surface area contributed by atoms with Crippen molar-refractivity contribution in [1.82, 2.24) is 4.90 Å². The van der Waals surface area contributed by atoms with Gasteiger partial charge in [-0.2, -0.15) is 0 Å². The van der Waals surface area contributed by atoms with Gasteiger partial charge < -0.3 is 10.6 Å². The number of nitrogen functional groups attached to an aromatic ring is 1. The van der Waals surface area contributed by atoms with E-state index in [1.54, 1.807) is 6.07 Å². The molecule has 4 heteroatoms. The lowest BCUT2D eigenvalue weighted by atomic mass is 10.0. The van der Waals surface area contributed by atoms with Crippen LogP contribution in [0.4, 0.5) is 5.69 Å². The van der Waals surface area contributed by atoms with Crippen LogP contribution in [0.3, 0.4) is 0 Å². The van der Waals surface area contributed by atoms with E-state index in [0.717, 1.165) is 19.4 Å². The number of likely N-dealkylation sites (tertiary alicyclic amines) is 1. The molecule has 1 fully saturated rings. The lowest BCUT2D eigenvalue weighted by Gasteiger charge is -2.33. The van der Waals surface area contributed by atoms with Crippen LogP contribution in [0.1, 0.15) is 35.9 Å². The summed E-state index contributed by atoms with van der Waals surface area (Å²) in [6, 6.07) is 2.15. The maximum Gasteiger partial charge on any atom is 0.266 e. The number of nitrogens with two attached hydrogens (primary N) is 1. The van der Waals surface area contributed by atoms with Gasteiger partial charge in [-0.15, -0.1) is 11.3 Å². The Labute approximate surface area is 93.9 Å². The molecule has 1 unspecified atom stereocenters. The third kappa shape index (κ3) is 2.00. The Bertz CT molecular complexity index is 361. The molecule has 1 aliphatic heterocycles. The first-order chi connectivity index (χ1) is 7.20. The summed E-state index contributed by atoms with van der Waals surface area (Å²) in [4.78, 5) is 14.8. The van der Waals surface area contributed by atoms with Gasteiger partial charge in [-0.1, -0.05) is 0 Å². The van der Waals surface area contributed by atoms with E-state index in [-0.39, 0.29) is 5.91 Å². The van der Waals surface area contributed by atoms with Crippen LogP contribution in [0, 0.1) is 0 Å². The summed E-state index contributed by atoms with van der Waals surface area (Å²) in [7, 11) is 0. The average Bonchev–Trinajstić information content (AvgIpc) is 2.64. The largest absolute Gasteiger partial charge is 0.397 e. The van der Waals surface area contributed by atoms with Gasteiger partial charge >= 0.3 is 0 Å². The molecule has 15 heavy (non-hydrogen) atoms. The zero-order chi connectivity index (χ0) is 10.8. The van der Waals surface area contributed by atoms with Crippen molar-refractivity contribution in [3.05, 3.63) is 16.3 Å². The lowest BCUT2D eigenvalue weighted by molar-refractivity contribution is 0.0641. The second kappa shape index (κ2) is 4.23. The molecule has 82 valence electrons. The number of hydrogen-bond donors (Lipinski definition) is 1. The topological polar surface area (TPSA) is 46.3 Å². The molecule has 0 spiro atoms. The smallest absolute Gasteiger partial charge is 0.266 e. The van der Waals surface area contributed by atoms with E-state index in [4.69, 9.17) is 5.73 Å². The molecule has 0 radical (unpaired) electrons. The molecule has 2 N–H and O–H groups in total. The molecule has 3 nitrogen and oxygen atoms in total. The summed E-state index contributed by atoms with van der Waals surface area (Å²) < 4.78 is 0. The predicted octanol–water partition coefficient (Wildman–Crippen LogP) is 2.34. The van der Waals surface area contributed by atoms with E-state index in [0.29, 0.717) is 16.6 Å². The number of rotatable bonds is 1. The van der Waals surface area contributed by atoms with Gasteiger partial charge in [-0.25, -0.2) is 0 Å². The second-order valence-electron chi connectivity index (χ2n) is 4.05. The first-order valence-corrected chi connectivity index (χ1v) is 6.22. The van der Waals surface area contributed by atoms with Crippen molar-refractivity contribution >= 4 is 22.9 Å². The van der Waals surface area contributed by atoms with Crippen LogP contribution in [-0.2, 0) is 0 Å². The summed E-state index contributed by atoms with van der Waals surface area (Å²) in [6.07, 6.45) is 3.45. The Balaban J connectivity index is 2.17. The van der Waals surface area contributed by atoms with Crippen LogP contribution in [0.2, 0.25) is 0 Å². The minimum Gasteiger partial charge on any atom is -0.397 e. The monoisotopic (exact) mass is 224 g/mol. The number of amides is 1. The van der Waals surface area contributed by atoms with Gasteiger partial charge in [-0.05, 0) is 37.6 Å². The zero-order valence-corrected chi connectivity index (χ0v) is 9.72. The number of carbonyl (C=O) groups is 1. The fourth-order valence-electron chi connectivity index (χ4n) is 2.02. The Kier molecular flexibility index (Phi) is 2.95. The first kappa shape index (κ1) is 10.5. The second-order valence-corrected chi connectivity index (χ2v) is 4.96. The van der Waals surface area contributed by atoms with Gasteiger partial charge in [0.15, 0.2) is 0 Å². The highest BCUT2D eigenvalue weighted by molar-refractivity contribution is 7.12. The normalized spacial score (nSPS) is 21.7. The van der Waals surface area contributed by atoms with Gasteiger partial charge in [-0.3, -0.25) is 4.79 Å². The number of nitrogens with zero attached hydrogens (tertiary/aromatic N) is 1. The molecule has 0 aliphatic carbocycles. The molecular weight excluding hydrogens is 208 g/mol. The maximum absolute atomic E-state index is 12.1. The van der Waals surface area contributed by atoms with Crippen molar-refractivity contribution in [3.8, 4) is 0 Å². The van der Waals surface area contributed by atoms with Crippen molar-refractivity contribution in [3.63, 3.8) is 0 Å². The van der Waals surface area contributed by atoms with Crippen molar-refractivity contribution in [2.45, 2.75) is 32.2 Å². The van der Waals surface area contributed by atoms with Gasteiger partial charge in [0.05, 0.1) is 5.69 Å². The molecule has 0 bridgehead atoms. The molecule has 2 rings (SSSR count). The third-order valence-corrected chi connectivity index (χ3v) is 3.87. The summed E-state index contributed by atoms with van der Waals surface area (Å²) in [5, 5.41) is 1.87. The highest BCUT2D eigenvalue weighted by Crippen LogP contribution is 2.25. The van der Waals surface area contributed by atoms with E-state index in [1.807, 2.05) is 10.3 Å². The van der Waals surface area contributed by atoms with Crippen molar-refractivity contribution < 1.29 is 4.79 Å². The van der Waals surface area contributed by atoms with E-state index in [9.17, 15) is 4.79 Å². The van der Waals surface area contributed by atoms with E-state index >= 15 is 0 Å². The van der Waals surface area contributed by atoms with Gasteiger partial charge in [0.2, 0.25) is 0 Å². The Morgan fingerprint density at radius 3 is 3.00 bits per heavy atom. The molecule has 1 amide bonds. The first-order valence-electron chi connectivity index (χ1n) is 5.34. The zero-order valence-electron chi connectivity index (χ0n) is 8.90. The van der Waals surface area contributed by atoms with Crippen LogP contribution in [-0.4, -0.2) is 23.4 Å². The highest BCUT2D eigenvalue weighted by atomic mass is 32.1. The Morgan fingerprint density at radius 2 is 2.40 bits per heavy atom. The van der Waals surface area contributed by atoms with Crippen LogP contribution in [0.15, 0.2) is 11.4 Å². The SMILES string of the molecule is CC1CCCCN1C(=O)c1sccc1N. The van der Waals surface area contributed by atoms with Crippen LogP contribution in [0.5, 0.6) is 0 Å². The van der Waals surface area contributed by atoms with E-state index in [1.165, 1.54) is 17.8 Å². The molecule has 1 aliphatic rings. The van der Waals surface area contributed by atoms with Crippen LogP contribution < -0.4 is 5.73 Å². The molecule has 1 aromatic heterocycles. The van der Waals surface area contributed by atoms with E-state index < -0.39 is 0 Å². The predicted molar refractivity (Wildman–Crippen MR) is 63.1 cm³/mol. The fraction of sp³-hybridized carbons (Fsp3) is 0.545. The third-order valence-electron chi connectivity index (χ3n) is 2.95.